The molecule has 1 saturated carbocycles. The Kier molecular flexibility index (Phi) is 8.52. The van der Waals surface area contributed by atoms with Gasteiger partial charge in [-0.15, -0.1) is 0 Å². The van der Waals surface area contributed by atoms with Crippen LogP contribution in [0.5, 0.6) is 5.75 Å². The molecule has 2 aromatic carbocycles. The van der Waals surface area contributed by atoms with Gasteiger partial charge in [0.05, 0.1) is 7.11 Å². The third-order valence-corrected chi connectivity index (χ3v) is 6.56. The van der Waals surface area contributed by atoms with Crippen molar-refractivity contribution in [2.24, 2.45) is 5.92 Å². The van der Waals surface area contributed by atoms with Crippen LogP contribution in [0, 0.1) is 5.92 Å². The third-order valence-electron chi connectivity index (χ3n) is 6.56. The van der Waals surface area contributed by atoms with Gasteiger partial charge in [0.25, 0.3) is 5.91 Å². The molecule has 0 heterocycles. The molecule has 0 aromatic heterocycles. The van der Waals surface area contributed by atoms with Crippen molar-refractivity contribution in [2.75, 3.05) is 40.8 Å². The van der Waals surface area contributed by atoms with E-state index in [4.69, 9.17) is 4.74 Å². The molecule has 0 radical (unpaired) electrons. The van der Waals surface area contributed by atoms with Gasteiger partial charge in [-0.05, 0) is 94.4 Å². The first-order chi connectivity index (χ1) is 15.4. The van der Waals surface area contributed by atoms with E-state index in [9.17, 15) is 4.79 Å². The van der Waals surface area contributed by atoms with Gasteiger partial charge >= 0.3 is 0 Å². The maximum Gasteiger partial charge on any atom is 0.253 e. The molecule has 4 nitrogen and oxygen atoms in total. The summed E-state index contributed by atoms with van der Waals surface area (Å²) in [6.07, 6.45) is 5.62. The van der Waals surface area contributed by atoms with E-state index in [-0.39, 0.29) is 5.91 Å². The van der Waals surface area contributed by atoms with Crippen LogP contribution in [-0.4, -0.2) is 56.5 Å². The summed E-state index contributed by atoms with van der Waals surface area (Å²) in [5.41, 5.74) is 4.70. The van der Waals surface area contributed by atoms with E-state index in [2.05, 4.69) is 49.3 Å². The van der Waals surface area contributed by atoms with Crippen LogP contribution in [0.4, 0.5) is 0 Å². The monoisotopic (exact) mass is 434 g/mol. The summed E-state index contributed by atoms with van der Waals surface area (Å²) in [6, 6.07) is 16.6. The van der Waals surface area contributed by atoms with Crippen LogP contribution in [0.15, 0.2) is 54.1 Å². The summed E-state index contributed by atoms with van der Waals surface area (Å²) in [5.74, 6) is 2.11. The second kappa shape index (κ2) is 11.3. The molecular formula is C28H38N2O2. The van der Waals surface area contributed by atoms with Gasteiger partial charge in [0.15, 0.2) is 0 Å². The summed E-state index contributed by atoms with van der Waals surface area (Å²) in [7, 11) is 6.05. The molecule has 1 unspecified atom stereocenters. The zero-order valence-electron chi connectivity index (χ0n) is 20.3. The Hall–Kier alpha value is -2.59. The Morgan fingerprint density at radius 2 is 1.84 bits per heavy atom. The Bertz CT molecular complexity index is 931. The van der Waals surface area contributed by atoms with Crippen molar-refractivity contribution >= 4 is 12.0 Å². The summed E-state index contributed by atoms with van der Waals surface area (Å²) in [6.45, 7) is 6.60. The molecule has 0 N–H and O–H groups in total. The number of nitrogens with zero attached hydrogens (tertiary/aromatic N) is 2. The highest BCUT2D eigenvalue weighted by molar-refractivity contribution is 5.94. The Balaban J connectivity index is 1.86. The van der Waals surface area contributed by atoms with Gasteiger partial charge in [-0.2, -0.15) is 0 Å². The second-order valence-corrected chi connectivity index (χ2v) is 9.05. The summed E-state index contributed by atoms with van der Waals surface area (Å²) in [5, 5.41) is 0. The first-order valence-electron chi connectivity index (χ1n) is 11.8. The van der Waals surface area contributed by atoms with Crippen molar-refractivity contribution in [2.45, 2.75) is 39.0 Å². The lowest BCUT2D eigenvalue weighted by molar-refractivity contribution is 0.0773. The summed E-state index contributed by atoms with van der Waals surface area (Å²) in [4.78, 5) is 17.0. The van der Waals surface area contributed by atoms with E-state index in [1.54, 1.807) is 7.11 Å². The number of carbonyl (C=O) groups is 1. The van der Waals surface area contributed by atoms with Crippen molar-refractivity contribution in [3.8, 4) is 5.75 Å². The van der Waals surface area contributed by atoms with E-state index in [1.807, 2.05) is 43.0 Å². The first-order valence-corrected chi connectivity index (χ1v) is 11.8. The number of allylic oxidation sites excluding steroid dienone is 1. The Morgan fingerprint density at radius 1 is 1.09 bits per heavy atom. The largest absolute Gasteiger partial charge is 0.497 e. The highest BCUT2D eigenvalue weighted by atomic mass is 16.5. The predicted molar refractivity (Wildman–Crippen MR) is 133 cm³/mol. The molecule has 1 aliphatic rings. The van der Waals surface area contributed by atoms with Crippen LogP contribution in [0.3, 0.4) is 0 Å². The van der Waals surface area contributed by atoms with Gasteiger partial charge in [-0.3, -0.25) is 4.79 Å². The number of benzene rings is 2. The minimum Gasteiger partial charge on any atom is -0.497 e. The fraction of sp³-hybridized carbons (Fsp3) is 0.464. The lowest BCUT2D eigenvalue weighted by atomic mass is 9.73. The molecular weight excluding hydrogens is 396 g/mol. The standard InChI is InChI=1S/C28H38N2O2/c1-6-30(7-2)28(31)24-12-8-10-21(17-24)16-22-14-15-25(20-29(3)4)27(18-22)23-11-9-13-26(19-23)32-5/h8-13,16-17,19,25,27H,6-7,14-15,18,20H2,1-5H3/b22-16+/t25-,27?/m1/s1. The van der Waals surface area contributed by atoms with E-state index in [1.165, 1.54) is 17.6 Å². The molecule has 32 heavy (non-hydrogen) atoms. The van der Waals surface area contributed by atoms with Crippen LogP contribution >= 0.6 is 0 Å². The van der Waals surface area contributed by atoms with Crippen molar-refractivity contribution in [1.29, 1.82) is 0 Å². The van der Waals surface area contributed by atoms with Crippen molar-refractivity contribution in [3.05, 3.63) is 70.8 Å². The molecule has 0 bridgehead atoms. The molecule has 3 rings (SSSR count). The Morgan fingerprint density at radius 3 is 2.53 bits per heavy atom. The average Bonchev–Trinajstić information content (AvgIpc) is 2.80. The van der Waals surface area contributed by atoms with Gasteiger partial charge in [0.2, 0.25) is 0 Å². The van der Waals surface area contributed by atoms with Gasteiger partial charge in [0.1, 0.15) is 5.75 Å². The maximum absolute atomic E-state index is 12.8. The molecule has 1 fully saturated rings. The lowest BCUT2D eigenvalue weighted by Gasteiger charge is -2.35. The number of amides is 1. The summed E-state index contributed by atoms with van der Waals surface area (Å²) >= 11 is 0. The molecule has 172 valence electrons. The fourth-order valence-electron chi connectivity index (χ4n) is 4.89. The van der Waals surface area contributed by atoms with Gasteiger partial charge in [-0.1, -0.05) is 35.9 Å². The van der Waals surface area contributed by atoms with E-state index < -0.39 is 0 Å². The number of hydrogen-bond donors (Lipinski definition) is 0. The second-order valence-electron chi connectivity index (χ2n) is 9.05. The molecule has 2 atom stereocenters. The fourth-order valence-corrected chi connectivity index (χ4v) is 4.89. The van der Waals surface area contributed by atoms with Crippen LogP contribution in [0.1, 0.15) is 60.5 Å². The number of carbonyl (C=O) groups excluding carboxylic acids is 1. The van der Waals surface area contributed by atoms with Gasteiger partial charge < -0.3 is 14.5 Å². The normalized spacial score (nSPS) is 19.9. The molecule has 1 amide bonds. The van der Waals surface area contributed by atoms with E-state index in [0.717, 1.165) is 49.4 Å². The quantitative estimate of drug-likeness (QED) is 0.534. The topological polar surface area (TPSA) is 32.8 Å². The highest BCUT2D eigenvalue weighted by Crippen LogP contribution is 2.42. The van der Waals surface area contributed by atoms with Crippen LogP contribution in [-0.2, 0) is 0 Å². The zero-order chi connectivity index (χ0) is 23.1. The van der Waals surface area contributed by atoms with Gasteiger partial charge in [0, 0.05) is 25.2 Å². The van der Waals surface area contributed by atoms with E-state index in [0.29, 0.717) is 11.8 Å². The van der Waals surface area contributed by atoms with Crippen LogP contribution in [0.2, 0.25) is 0 Å². The minimum absolute atomic E-state index is 0.110. The van der Waals surface area contributed by atoms with Crippen molar-refractivity contribution in [3.63, 3.8) is 0 Å². The molecule has 0 spiro atoms. The smallest absolute Gasteiger partial charge is 0.253 e. The van der Waals surface area contributed by atoms with Crippen molar-refractivity contribution in [1.82, 2.24) is 9.80 Å². The molecule has 0 saturated heterocycles. The SMILES string of the molecule is CCN(CC)C(=O)c1cccc(/C=C2\CC[C@H](CN(C)C)C(c3cccc(OC)c3)C2)c1. The number of methoxy groups -OCH3 is 1. The molecule has 0 aliphatic heterocycles. The zero-order valence-corrected chi connectivity index (χ0v) is 20.3. The highest BCUT2D eigenvalue weighted by Gasteiger charge is 2.29. The average molecular weight is 435 g/mol. The summed E-state index contributed by atoms with van der Waals surface area (Å²) < 4.78 is 5.50. The third kappa shape index (κ3) is 6.01. The first kappa shape index (κ1) is 24.1. The minimum atomic E-state index is 0.110. The molecule has 1 aliphatic carbocycles. The predicted octanol–water partition coefficient (Wildman–Crippen LogP) is 5.71. The van der Waals surface area contributed by atoms with Crippen LogP contribution < -0.4 is 4.74 Å². The van der Waals surface area contributed by atoms with Crippen LogP contribution in [0.25, 0.3) is 6.08 Å². The van der Waals surface area contributed by atoms with Gasteiger partial charge in [-0.25, -0.2) is 0 Å². The lowest BCUT2D eigenvalue weighted by Crippen LogP contribution is -2.30. The molecule has 2 aromatic rings. The van der Waals surface area contributed by atoms with E-state index >= 15 is 0 Å². The Labute approximate surface area is 193 Å². The number of ether oxygens (including phenoxy) is 1. The van der Waals surface area contributed by atoms with Crippen molar-refractivity contribution < 1.29 is 9.53 Å². The molecule has 4 heteroatoms. The maximum atomic E-state index is 12.8. The number of rotatable bonds is 8. The number of hydrogen-bond acceptors (Lipinski definition) is 3.